The molecule has 1 heterocycles. The summed E-state index contributed by atoms with van der Waals surface area (Å²) in [6, 6.07) is 0. The molecule has 0 aromatic carbocycles. The second-order valence-corrected chi connectivity index (χ2v) is 6.22. The molecule has 1 fully saturated rings. The predicted molar refractivity (Wildman–Crippen MR) is 73.0 cm³/mol. The summed E-state index contributed by atoms with van der Waals surface area (Å²) in [7, 11) is 0. The van der Waals surface area contributed by atoms with Crippen molar-refractivity contribution in [1.82, 2.24) is 5.32 Å². The third-order valence-corrected chi connectivity index (χ3v) is 2.99. The zero-order valence-corrected chi connectivity index (χ0v) is 12.3. The minimum Gasteiger partial charge on any atom is -0.460 e. The highest BCUT2D eigenvalue weighted by Crippen LogP contribution is 2.18. The van der Waals surface area contributed by atoms with Crippen LogP contribution in [-0.4, -0.2) is 48.6 Å². The van der Waals surface area contributed by atoms with Gasteiger partial charge in [-0.05, 0) is 53.1 Å². The van der Waals surface area contributed by atoms with Crippen LogP contribution in [0.3, 0.4) is 0 Å². The van der Waals surface area contributed by atoms with Gasteiger partial charge in [-0.3, -0.25) is 4.79 Å². The van der Waals surface area contributed by atoms with Crippen molar-refractivity contribution in [2.75, 3.05) is 26.3 Å². The van der Waals surface area contributed by atoms with E-state index in [1.807, 2.05) is 20.8 Å². The largest absolute Gasteiger partial charge is 0.460 e. The predicted octanol–water partition coefficient (Wildman–Crippen LogP) is 1.24. The molecule has 0 radical (unpaired) electrons. The zero-order chi connectivity index (χ0) is 14.4. The van der Waals surface area contributed by atoms with Gasteiger partial charge in [0.25, 0.3) is 0 Å². The van der Waals surface area contributed by atoms with Gasteiger partial charge in [-0.2, -0.15) is 0 Å². The van der Waals surface area contributed by atoms with E-state index in [0.717, 1.165) is 25.9 Å². The van der Waals surface area contributed by atoms with E-state index in [2.05, 4.69) is 5.32 Å². The molecule has 1 aliphatic heterocycles. The Hall–Kier alpha value is -0.650. The number of piperidine rings is 1. The van der Waals surface area contributed by atoms with Crippen molar-refractivity contribution in [2.45, 2.75) is 57.7 Å². The molecule has 0 aliphatic carbocycles. The molecule has 2 N–H and O–H groups in total. The summed E-state index contributed by atoms with van der Waals surface area (Å²) in [5.74, 6) is -0.198. The highest BCUT2D eigenvalue weighted by molar-refractivity contribution is 5.69. The van der Waals surface area contributed by atoms with Crippen LogP contribution < -0.4 is 5.32 Å². The first kappa shape index (κ1) is 16.4. The highest BCUT2D eigenvalue weighted by atomic mass is 16.6. The lowest BCUT2D eigenvalue weighted by Crippen LogP contribution is -2.45. The van der Waals surface area contributed by atoms with E-state index in [-0.39, 0.29) is 5.97 Å². The fraction of sp³-hybridized carbons (Fsp3) is 0.929. The van der Waals surface area contributed by atoms with Gasteiger partial charge in [0, 0.05) is 13.0 Å². The summed E-state index contributed by atoms with van der Waals surface area (Å²) in [4.78, 5) is 11.5. The SMILES string of the molecule is CC(C)(C)OC(=O)CCCOCC1(O)CCNCC1. The maximum atomic E-state index is 11.5. The number of rotatable bonds is 6. The van der Waals surface area contributed by atoms with Gasteiger partial charge in [0.1, 0.15) is 5.60 Å². The summed E-state index contributed by atoms with van der Waals surface area (Å²) in [5, 5.41) is 13.4. The number of aliphatic hydroxyl groups is 1. The fourth-order valence-electron chi connectivity index (χ4n) is 2.01. The van der Waals surface area contributed by atoms with Crippen LogP contribution in [-0.2, 0) is 14.3 Å². The third kappa shape index (κ3) is 7.50. The average Bonchev–Trinajstić information content (AvgIpc) is 2.27. The molecule has 1 rings (SSSR count). The van der Waals surface area contributed by atoms with Crippen LogP contribution in [0.5, 0.6) is 0 Å². The van der Waals surface area contributed by atoms with E-state index < -0.39 is 11.2 Å². The minimum absolute atomic E-state index is 0.198. The molecule has 5 nitrogen and oxygen atoms in total. The number of carbonyl (C=O) groups excluding carboxylic acids is 1. The Morgan fingerprint density at radius 3 is 2.53 bits per heavy atom. The lowest BCUT2D eigenvalue weighted by molar-refractivity contribution is -0.155. The van der Waals surface area contributed by atoms with Crippen LogP contribution in [0.2, 0.25) is 0 Å². The monoisotopic (exact) mass is 273 g/mol. The van der Waals surface area contributed by atoms with E-state index in [1.165, 1.54) is 0 Å². The molecule has 0 aromatic rings. The van der Waals surface area contributed by atoms with Gasteiger partial charge in [-0.15, -0.1) is 0 Å². The number of hydrogen-bond acceptors (Lipinski definition) is 5. The maximum Gasteiger partial charge on any atom is 0.306 e. The molecular formula is C14H27NO4. The number of nitrogens with one attached hydrogen (secondary N) is 1. The van der Waals surface area contributed by atoms with Crippen LogP contribution >= 0.6 is 0 Å². The van der Waals surface area contributed by atoms with E-state index in [4.69, 9.17) is 9.47 Å². The smallest absolute Gasteiger partial charge is 0.306 e. The Kier molecular flexibility index (Phi) is 6.23. The molecule has 0 unspecified atom stereocenters. The number of carbonyl (C=O) groups is 1. The molecule has 19 heavy (non-hydrogen) atoms. The molecule has 5 heteroatoms. The summed E-state index contributed by atoms with van der Waals surface area (Å²) in [6.07, 6.45) is 2.43. The van der Waals surface area contributed by atoms with Crippen LogP contribution in [0, 0.1) is 0 Å². The highest BCUT2D eigenvalue weighted by Gasteiger charge is 2.29. The van der Waals surface area contributed by atoms with E-state index in [9.17, 15) is 9.90 Å². The molecular weight excluding hydrogens is 246 g/mol. The van der Waals surface area contributed by atoms with Crippen molar-refractivity contribution >= 4 is 5.97 Å². The van der Waals surface area contributed by atoms with Crippen LogP contribution in [0.25, 0.3) is 0 Å². The molecule has 112 valence electrons. The molecule has 0 spiro atoms. The summed E-state index contributed by atoms with van der Waals surface area (Å²) < 4.78 is 10.7. The van der Waals surface area contributed by atoms with Crippen molar-refractivity contribution in [2.24, 2.45) is 0 Å². The summed E-state index contributed by atoms with van der Waals surface area (Å²) >= 11 is 0. The first-order chi connectivity index (χ1) is 8.81. The Labute approximate surface area is 115 Å². The van der Waals surface area contributed by atoms with Gasteiger partial charge in [0.05, 0.1) is 12.2 Å². The lowest BCUT2D eigenvalue weighted by atomic mass is 9.94. The van der Waals surface area contributed by atoms with Crippen molar-refractivity contribution in [3.05, 3.63) is 0 Å². The first-order valence-corrected chi connectivity index (χ1v) is 7.03. The number of ether oxygens (including phenoxy) is 2. The van der Waals surface area contributed by atoms with Gasteiger partial charge in [-0.1, -0.05) is 0 Å². The Morgan fingerprint density at radius 1 is 1.32 bits per heavy atom. The topological polar surface area (TPSA) is 67.8 Å². The standard InChI is InChI=1S/C14H27NO4/c1-13(2,3)19-12(16)5-4-10-18-11-14(17)6-8-15-9-7-14/h15,17H,4-11H2,1-3H3. The average molecular weight is 273 g/mol. The number of esters is 1. The Balaban J connectivity index is 2.06. The number of hydrogen-bond donors (Lipinski definition) is 2. The molecule has 1 aliphatic rings. The van der Waals surface area contributed by atoms with Crippen LogP contribution in [0.4, 0.5) is 0 Å². The normalized spacial score (nSPS) is 19.2. The maximum absolute atomic E-state index is 11.5. The fourth-order valence-corrected chi connectivity index (χ4v) is 2.01. The molecule has 0 amide bonds. The third-order valence-electron chi connectivity index (χ3n) is 2.99. The second kappa shape index (κ2) is 7.22. The summed E-state index contributed by atoms with van der Waals surface area (Å²) in [6.45, 7) is 8.06. The van der Waals surface area contributed by atoms with Gasteiger partial charge >= 0.3 is 5.97 Å². The van der Waals surface area contributed by atoms with E-state index in [1.54, 1.807) is 0 Å². The van der Waals surface area contributed by atoms with Gasteiger partial charge in [0.15, 0.2) is 0 Å². The van der Waals surface area contributed by atoms with Crippen molar-refractivity contribution in [3.8, 4) is 0 Å². The van der Waals surface area contributed by atoms with Crippen molar-refractivity contribution in [3.63, 3.8) is 0 Å². The molecule has 0 bridgehead atoms. The van der Waals surface area contributed by atoms with Gasteiger partial charge < -0.3 is 19.9 Å². The quantitative estimate of drug-likeness (QED) is 0.563. The van der Waals surface area contributed by atoms with Crippen LogP contribution in [0.1, 0.15) is 46.5 Å². The first-order valence-electron chi connectivity index (χ1n) is 7.03. The van der Waals surface area contributed by atoms with E-state index >= 15 is 0 Å². The van der Waals surface area contributed by atoms with Gasteiger partial charge in [0.2, 0.25) is 0 Å². The molecule has 0 atom stereocenters. The Morgan fingerprint density at radius 2 is 1.95 bits per heavy atom. The Bertz CT molecular complexity index is 280. The molecule has 0 aromatic heterocycles. The van der Waals surface area contributed by atoms with Crippen molar-refractivity contribution < 1.29 is 19.4 Å². The zero-order valence-electron chi connectivity index (χ0n) is 12.3. The van der Waals surface area contributed by atoms with Crippen molar-refractivity contribution in [1.29, 1.82) is 0 Å². The second-order valence-electron chi connectivity index (χ2n) is 6.22. The van der Waals surface area contributed by atoms with E-state index in [0.29, 0.717) is 26.1 Å². The van der Waals surface area contributed by atoms with Gasteiger partial charge in [-0.25, -0.2) is 0 Å². The summed E-state index contributed by atoms with van der Waals surface area (Å²) in [5.41, 5.74) is -1.13. The van der Waals surface area contributed by atoms with Crippen LogP contribution in [0.15, 0.2) is 0 Å². The minimum atomic E-state index is -0.697. The molecule has 0 saturated carbocycles. The lowest BCUT2D eigenvalue weighted by Gasteiger charge is -2.32. The molecule has 1 saturated heterocycles.